The van der Waals surface area contributed by atoms with Gasteiger partial charge in [-0.3, -0.25) is 4.79 Å². The fourth-order valence-electron chi connectivity index (χ4n) is 4.55. The molecule has 2 amide bonds. The van der Waals surface area contributed by atoms with Gasteiger partial charge in [0.2, 0.25) is 0 Å². The number of carbonyl (C=O) groups excluding carboxylic acids is 1. The summed E-state index contributed by atoms with van der Waals surface area (Å²) in [7, 11) is 0. The molecule has 4 rings (SSSR count). The van der Waals surface area contributed by atoms with Crippen LogP contribution >= 0.6 is 31.9 Å². The number of pyridine rings is 1. The molecule has 3 N–H and O–H groups in total. The molecule has 2 aliphatic heterocycles. The summed E-state index contributed by atoms with van der Waals surface area (Å²) < 4.78 is 1.78. The average molecular weight is 580 g/mol. The molecule has 1 atom stereocenters. The quantitative estimate of drug-likeness (QED) is 0.415. The number of carboxylic acids is 1. The second kappa shape index (κ2) is 10.9. The fraction of sp³-hybridized carbons (Fsp3) is 0.458. The van der Waals surface area contributed by atoms with Crippen LogP contribution in [0.5, 0.6) is 0 Å². The molecule has 9 heteroatoms. The Morgan fingerprint density at radius 1 is 1.21 bits per heavy atom. The maximum Gasteiger partial charge on any atom is 0.317 e. The van der Waals surface area contributed by atoms with Gasteiger partial charge in [-0.05, 0) is 105 Å². The van der Waals surface area contributed by atoms with Crippen molar-refractivity contribution in [1.82, 2.24) is 15.2 Å². The first-order chi connectivity index (χ1) is 15.9. The number of nitrogens with one attached hydrogen (secondary N) is 2. The number of anilines is 1. The number of aliphatic carboxylic acids is 1. The van der Waals surface area contributed by atoms with Crippen LogP contribution in [0.25, 0.3) is 0 Å². The van der Waals surface area contributed by atoms with Gasteiger partial charge in [0.25, 0.3) is 0 Å². The highest BCUT2D eigenvalue weighted by atomic mass is 79.9. The number of benzene rings is 1. The van der Waals surface area contributed by atoms with Crippen molar-refractivity contribution < 1.29 is 14.7 Å². The molecule has 0 saturated carbocycles. The first-order valence-corrected chi connectivity index (χ1v) is 12.9. The lowest BCUT2D eigenvalue weighted by molar-refractivity contribution is -0.137. The Balaban J connectivity index is 1.34. The molecular formula is C24H28Br2N4O3. The SMILES string of the molecule is O=C(O)CC1CCN(C(=O)NCCCc2ccc3c(n2)NCCC3)Cc2cc(Br)c(Br)cc21. The summed E-state index contributed by atoms with van der Waals surface area (Å²) >= 11 is 7.05. The molecule has 3 heterocycles. The Hall–Kier alpha value is -2.13. The summed E-state index contributed by atoms with van der Waals surface area (Å²) in [4.78, 5) is 30.8. The molecule has 0 saturated heterocycles. The predicted molar refractivity (Wildman–Crippen MR) is 135 cm³/mol. The van der Waals surface area contributed by atoms with Crippen molar-refractivity contribution in [1.29, 1.82) is 0 Å². The van der Waals surface area contributed by atoms with Crippen LogP contribution in [0.15, 0.2) is 33.2 Å². The van der Waals surface area contributed by atoms with E-state index in [0.717, 1.165) is 63.8 Å². The normalized spacial score (nSPS) is 17.4. The number of fused-ring (bicyclic) bond motifs is 2. The molecule has 2 aromatic rings. The zero-order chi connectivity index (χ0) is 23.4. The summed E-state index contributed by atoms with van der Waals surface area (Å²) in [5.41, 5.74) is 4.29. The Morgan fingerprint density at radius 2 is 2.03 bits per heavy atom. The Morgan fingerprint density at radius 3 is 2.85 bits per heavy atom. The van der Waals surface area contributed by atoms with Crippen molar-refractivity contribution in [2.45, 2.75) is 51.0 Å². The Kier molecular flexibility index (Phi) is 7.90. The molecule has 33 heavy (non-hydrogen) atoms. The molecule has 1 aromatic carbocycles. The summed E-state index contributed by atoms with van der Waals surface area (Å²) in [6, 6.07) is 8.08. The van der Waals surface area contributed by atoms with E-state index in [4.69, 9.17) is 4.98 Å². The highest BCUT2D eigenvalue weighted by Gasteiger charge is 2.27. The molecule has 0 aliphatic carbocycles. The number of rotatable bonds is 6. The monoisotopic (exact) mass is 578 g/mol. The topological polar surface area (TPSA) is 94.6 Å². The van der Waals surface area contributed by atoms with Gasteiger partial charge in [-0.25, -0.2) is 9.78 Å². The van der Waals surface area contributed by atoms with E-state index in [0.29, 0.717) is 26.1 Å². The largest absolute Gasteiger partial charge is 0.481 e. The number of halogens is 2. The van der Waals surface area contributed by atoms with Gasteiger partial charge in [0.05, 0.1) is 6.42 Å². The van der Waals surface area contributed by atoms with Crippen LogP contribution in [0.1, 0.15) is 54.0 Å². The molecule has 0 radical (unpaired) electrons. The highest BCUT2D eigenvalue weighted by molar-refractivity contribution is 9.13. The van der Waals surface area contributed by atoms with E-state index in [9.17, 15) is 14.7 Å². The van der Waals surface area contributed by atoms with Crippen LogP contribution in [-0.2, 0) is 24.2 Å². The van der Waals surface area contributed by atoms with Crippen molar-refractivity contribution in [3.05, 3.63) is 55.6 Å². The van der Waals surface area contributed by atoms with E-state index < -0.39 is 5.97 Å². The molecule has 1 aromatic heterocycles. The van der Waals surface area contributed by atoms with Gasteiger partial charge in [-0.15, -0.1) is 0 Å². The second-order valence-corrected chi connectivity index (χ2v) is 10.4. The molecule has 0 fully saturated rings. The average Bonchev–Trinajstić information content (AvgIpc) is 2.96. The van der Waals surface area contributed by atoms with Crippen molar-refractivity contribution in [2.75, 3.05) is 25.0 Å². The van der Waals surface area contributed by atoms with Crippen LogP contribution in [0, 0.1) is 0 Å². The molecular weight excluding hydrogens is 552 g/mol. The highest BCUT2D eigenvalue weighted by Crippen LogP contribution is 2.36. The molecule has 0 spiro atoms. The predicted octanol–water partition coefficient (Wildman–Crippen LogP) is 5.07. The molecule has 7 nitrogen and oxygen atoms in total. The maximum atomic E-state index is 12.9. The standard InChI is InChI=1S/C24H28Br2N4O3/c25-20-11-17-14-30(10-7-16(12-22(31)32)19(17)13-21(20)26)24(33)28-9-2-4-18-6-5-15-3-1-8-27-23(15)29-18/h5-6,11,13,16H,1-4,7-10,12,14H2,(H,27,29)(H,28,33)(H,31,32). The zero-order valence-corrected chi connectivity index (χ0v) is 21.5. The first kappa shape index (κ1) is 24.0. The molecule has 0 bridgehead atoms. The van der Waals surface area contributed by atoms with E-state index in [-0.39, 0.29) is 18.4 Å². The third-order valence-corrected chi connectivity index (χ3v) is 8.12. The number of carboxylic acid groups (broad SMARTS) is 1. The number of nitrogens with zero attached hydrogens (tertiary/aromatic N) is 2. The fourth-order valence-corrected chi connectivity index (χ4v) is 5.30. The van der Waals surface area contributed by atoms with Crippen molar-refractivity contribution in [3.8, 4) is 0 Å². The number of hydrogen-bond acceptors (Lipinski definition) is 4. The third kappa shape index (κ3) is 6.06. The Labute approximate surface area is 210 Å². The van der Waals surface area contributed by atoms with E-state index >= 15 is 0 Å². The van der Waals surface area contributed by atoms with Crippen molar-refractivity contribution >= 4 is 49.7 Å². The van der Waals surface area contributed by atoms with E-state index in [1.54, 1.807) is 4.90 Å². The van der Waals surface area contributed by atoms with Gasteiger partial charge < -0.3 is 20.6 Å². The lowest BCUT2D eigenvalue weighted by atomic mass is 9.90. The number of amides is 2. The maximum absolute atomic E-state index is 12.9. The number of aromatic nitrogens is 1. The number of hydrogen-bond donors (Lipinski definition) is 3. The van der Waals surface area contributed by atoms with Crippen LogP contribution < -0.4 is 10.6 Å². The minimum atomic E-state index is -0.825. The van der Waals surface area contributed by atoms with Crippen LogP contribution in [0.4, 0.5) is 10.6 Å². The van der Waals surface area contributed by atoms with Crippen LogP contribution in [0.3, 0.4) is 0 Å². The zero-order valence-electron chi connectivity index (χ0n) is 18.4. The second-order valence-electron chi connectivity index (χ2n) is 8.65. The molecule has 1 unspecified atom stereocenters. The minimum Gasteiger partial charge on any atom is -0.481 e. The minimum absolute atomic E-state index is 0.0547. The lowest BCUT2D eigenvalue weighted by Crippen LogP contribution is -2.40. The summed E-state index contributed by atoms with van der Waals surface area (Å²) in [5, 5.41) is 15.8. The van der Waals surface area contributed by atoms with Crippen LogP contribution in [0.2, 0.25) is 0 Å². The van der Waals surface area contributed by atoms with Gasteiger partial charge in [0.1, 0.15) is 5.82 Å². The van der Waals surface area contributed by atoms with Gasteiger partial charge in [-0.1, -0.05) is 6.07 Å². The first-order valence-electron chi connectivity index (χ1n) is 11.4. The number of carbonyl (C=O) groups is 2. The third-order valence-electron chi connectivity index (χ3n) is 6.28. The molecule has 176 valence electrons. The number of urea groups is 1. The van der Waals surface area contributed by atoms with Gasteiger partial charge in [0, 0.05) is 40.8 Å². The van der Waals surface area contributed by atoms with E-state index in [1.165, 1.54) is 5.56 Å². The summed E-state index contributed by atoms with van der Waals surface area (Å²) in [6.07, 6.45) is 4.51. The smallest absolute Gasteiger partial charge is 0.317 e. The van der Waals surface area contributed by atoms with Crippen LogP contribution in [-0.4, -0.2) is 46.6 Å². The molecule has 2 aliphatic rings. The summed E-state index contributed by atoms with van der Waals surface area (Å²) in [6.45, 7) is 2.52. The van der Waals surface area contributed by atoms with Gasteiger partial charge in [-0.2, -0.15) is 0 Å². The Bertz CT molecular complexity index is 1050. The van der Waals surface area contributed by atoms with Gasteiger partial charge >= 0.3 is 12.0 Å². The van der Waals surface area contributed by atoms with E-state index in [2.05, 4.69) is 54.6 Å². The number of aryl methyl sites for hydroxylation is 2. The van der Waals surface area contributed by atoms with Crippen molar-refractivity contribution in [3.63, 3.8) is 0 Å². The van der Waals surface area contributed by atoms with E-state index in [1.807, 2.05) is 12.1 Å². The van der Waals surface area contributed by atoms with Crippen molar-refractivity contribution in [2.24, 2.45) is 0 Å². The van der Waals surface area contributed by atoms with Gasteiger partial charge in [0.15, 0.2) is 0 Å². The lowest BCUT2D eigenvalue weighted by Gasteiger charge is -2.22. The summed E-state index contributed by atoms with van der Waals surface area (Å²) in [5.74, 6) is 0.0528.